The first kappa shape index (κ1) is 14.0. The third kappa shape index (κ3) is 4.29. The van der Waals surface area contributed by atoms with E-state index in [9.17, 15) is 4.79 Å². The highest BCUT2D eigenvalue weighted by Gasteiger charge is 2.06. The summed E-state index contributed by atoms with van der Waals surface area (Å²) in [5.41, 5.74) is 1.43. The summed E-state index contributed by atoms with van der Waals surface area (Å²) < 4.78 is 1.10. The molecule has 0 radical (unpaired) electrons. The second kappa shape index (κ2) is 6.63. The third-order valence-corrected chi connectivity index (χ3v) is 3.22. The molecule has 0 bridgehead atoms. The standard InChI is InChI=1S/C14H11IN2OS/c15-11-7-4-8-12(9-11)16-14(19)17-13(18)10-5-2-1-3-6-10/h1-9H,(H2,16,17,18,19). The number of thiocarbonyl (C=S) groups is 1. The van der Waals surface area contributed by atoms with Gasteiger partial charge in [0.05, 0.1) is 0 Å². The van der Waals surface area contributed by atoms with Crippen LogP contribution in [-0.4, -0.2) is 11.0 Å². The molecule has 0 atom stereocenters. The first-order valence-corrected chi connectivity index (χ1v) is 7.07. The Hall–Kier alpha value is -1.47. The second-order valence-corrected chi connectivity index (χ2v) is 5.44. The fraction of sp³-hybridized carbons (Fsp3) is 0. The average Bonchev–Trinajstić information content (AvgIpc) is 2.39. The molecule has 0 aromatic heterocycles. The summed E-state index contributed by atoms with van der Waals surface area (Å²) in [6, 6.07) is 16.7. The predicted molar refractivity (Wildman–Crippen MR) is 89.3 cm³/mol. The van der Waals surface area contributed by atoms with Crippen molar-refractivity contribution in [2.45, 2.75) is 0 Å². The lowest BCUT2D eigenvalue weighted by atomic mass is 10.2. The number of benzene rings is 2. The Morgan fingerprint density at radius 2 is 1.79 bits per heavy atom. The van der Waals surface area contributed by atoms with Gasteiger partial charge in [0.2, 0.25) is 0 Å². The van der Waals surface area contributed by atoms with E-state index >= 15 is 0 Å². The van der Waals surface area contributed by atoms with Crippen molar-refractivity contribution in [3.05, 3.63) is 63.7 Å². The minimum atomic E-state index is -0.219. The number of carbonyl (C=O) groups excluding carboxylic acids is 1. The Balaban J connectivity index is 1.97. The fourth-order valence-corrected chi connectivity index (χ4v) is 2.25. The van der Waals surface area contributed by atoms with Gasteiger partial charge in [-0.1, -0.05) is 24.3 Å². The molecule has 0 aliphatic carbocycles. The third-order valence-electron chi connectivity index (χ3n) is 2.35. The van der Waals surface area contributed by atoms with Crippen LogP contribution < -0.4 is 10.6 Å². The van der Waals surface area contributed by atoms with E-state index in [1.807, 2.05) is 42.5 Å². The first-order valence-electron chi connectivity index (χ1n) is 5.58. The van der Waals surface area contributed by atoms with Crippen molar-refractivity contribution in [3.63, 3.8) is 0 Å². The molecular weight excluding hydrogens is 371 g/mol. The van der Waals surface area contributed by atoms with Crippen molar-refractivity contribution >= 4 is 51.5 Å². The number of nitrogens with one attached hydrogen (secondary N) is 2. The summed E-state index contributed by atoms with van der Waals surface area (Å²) in [7, 11) is 0. The molecule has 0 spiro atoms. The first-order chi connectivity index (χ1) is 9.15. The van der Waals surface area contributed by atoms with Crippen molar-refractivity contribution in [2.75, 3.05) is 5.32 Å². The maximum absolute atomic E-state index is 11.9. The number of hydrogen-bond acceptors (Lipinski definition) is 2. The van der Waals surface area contributed by atoms with Gasteiger partial charge in [0.25, 0.3) is 5.91 Å². The molecule has 0 aliphatic heterocycles. The van der Waals surface area contributed by atoms with Crippen LogP contribution in [0.5, 0.6) is 0 Å². The second-order valence-electron chi connectivity index (χ2n) is 3.78. The summed E-state index contributed by atoms with van der Waals surface area (Å²) in [4.78, 5) is 11.9. The van der Waals surface area contributed by atoms with Gasteiger partial charge in [-0.25, -0.2) is 0 Å². The lowest BCUT2D eigenvalue weighted by Gasteiger charge is -2.09. The minimum absolute atomic E-state index is 0.219. The van der Waals surface area contributed by atoms with Gasteiger partial charge in [-0.3, -0.25) is 10.1 Å². The smallest absolute Gasteiger partial charge is 0.257 e. The van der Waals surface area contributed by atoms with Crippen molar-refractivity contribution in [1.82, 2.24) is 5.32 Å². The molecule has 2 aromatic carbocycles. The van der Waals surface area contributed by atoms with Crippen LogP contribution in [0.15, 0.2) is 54.6 Å². The molecule has 2 N–H and O–H groups in total. The van der Waals surface area contributed by atoms with Crippen LogP contribution in [0.3, 0.4) is 0 Å². The highest BCUT2D eigenvalue weighted by atomic mass is 127. The molecule has 5 heteroatoms. The summed E-state index contributed by atoms with van der Waals surface area (Å²) >= 11 is 7.33. The van der Waals surface area contributed by atoms with Crippen LogP contribution in [0.25, 0.3) is 0 Å². The predicted octanol–water partition coefficient (Wildman–Crippen LogP) is 3.42. The van der Waals surface area contributed by atoms with E-state index in [1.165, 1.54) is 0 Å². The van der Waals surface area contributed by atoms with Crippen LogP contribution in [0, 0.1) is 3.57 Å². The monoisotopic (exact) mass is 382 g/mol. The molecule has 1 amide bonds. The summed E-state index contributed by atoms with van der Waals surface area (Å²) in [6.45, 7) is 0. The van der Waals surface area contributed by atoms with Crippen LogP contribution >= 0.6 is 34.8 Å². The van der Waals surface area contributed by atoms with Gasteiger partial charge < -0.3 is 5.32 Å². The zero-order valence-electron chi connectivity index (χ0n) is 9.89. The molecule has 2 rings (SSSR count). The van der Waals surface area contributed by atoms with Crippen LogP contribution in [-0.2, 0) is 0 Å². The van der Waals surface area contributed by atoms with Crippen molar-refractivity contribution in [3.8, 4) is 0 Å². The summed E-state index contributed by atoms with van der Waals surface area (Å²) in [6.07, 6.45) is 0. The SMILES string of the molecule is O=C(NC(=S)Nc1cccc(I)c1)c1ccccc1. The van der Waals surface area contributed by atoms with Gasteiger partial charge in [0, 0.05) is 14.8 Å². The van der Waals surface area contributed by atoms with E-state index < -0.39 is 0 Å². The van der Waals surface area contributed by atoms with Crippen LogP contribution in [0.2, 0.25) is 0 Å². The molecule has 0 heterocycles. The number of amides is 1. The maximum atomic E-state index is 11.9. The average molecular weight is 382 g/mol. The fourth-order valence-electron chi connectivity index (χ4n) is 1.49. The van der Waals surface area contributed by atoms with Gasteiger partial charge in [-0.2, -0.15) is 0 Å². The van der Waals surface area contributed by atoms with Crippen LogP contribution in [0.4, 0.5) is 5.69 Å². The number of halogens is 1. The molecule has 19 heavy (non-hydrogen) atoms. The van der Waals surface area contributed by atoms with Crippen molar-refractivity contribution in [1.29, 1.82) is 0 Å². The molecule has 96 valence electrons. The summed E-state index contributed by atoms with van der Waals surface area (Å²) in [5, 5.41) is 5.91. The zero-order valence-corrected chi connectivity index (χ0v) is 12.9. The number of hydrogen-bond donors (Lipinski definition) is 2. The highest BCUT2D eigenvalue weighted by molar-refractivity contribution is 14.1. The Kier molecular flexibility index (Phi) is 4.86. The quantitative estimate of drug-likeness (QED) is 0.618. The molecular formula is C14H11IN2OS. The Morgan fingerprint density at radius 1 is 1.05 bits per heavy atom. The van der Waals surface area contributed by atoms with Gasteiger partial charge in [0.15, 0.2) is 5.11 Å². The minimum Gasteiger partial charge on any atom is -0.332 e. The van der Waals surface area contributed by atoms with E-state index in [-0.39, 0.29) is 11.0 Å². The lowest BCUT2D eigenvalue weighted by Crippen LogP contribution is -2.34. The molecule has 2 aromatic rings. The van der Waals surface area contributed by atoms with E-state index in [0.717, 1.165) is 9.26 Å². The Morgan fingerprint density at radius 3 is 2.47 bits per heavy atom. The van der Waals surface area contributed by atoms with E-state index in [1.54, 1.807) is 12.1 Å². The Bertz CT molecular complexity index is 601. The maximum Gasteiger partial charge on any atom is 0.257 e. The largest absolute Gasteiger partial charge is 0.332 e. The van der Waals surface area contributed by atoms with Gasteiger partial charge in [0.1, 0.15) is 0 Å². The normalized spacial score (nSPS) is 9.74. The van der Waals surface area contributed by atoms with E-state index in [0.29, 0.717) is 5.56 Å². The zero-order chi connectivity index (χ0) is 13.7. The lowest BCUT2D eigenvalue weighted by molar-refractivity contribution is 0.0978. The van der Waals surface area contributed by atoms with Crippen molar-refractivity contribution < 1.29 is 4.79 Å². The molecule has 0 saturated heterocycles. The van der Waals surface area contributed by atoms with E-state index in [4.69, 9.17) is 12.2 Å². The van der Waals surface area contributed by atoms with Gasteiger partial charge in [-0.15, -0.1) is 0 Å². The summed E-state index contributed by atoms with van der Waals surface area (Å²) in [5.74, 6) is -0.219. The van der Waals surface area contributed by atoms with Crippen molar-refractivity contribution in [2.24, 2.45) is 0 Å². The van der Waals surface area contributed by atoms with Gasteiger partial charge >= 0.3 is 0 Å². The number of carbonyl (C=O) groups is 1. The number of rotatable bonds is 2. The topological polar surface area (TPSA) is 41.1 Å². The van der Waals surface area contributed by atoms with Gasteiger partial charge in [-0.05, 0) is 65.1 Å². The molecule has 3 nitrogen and oxygen atoms in total. The highest BCUT2D eigenvalue weighted by Crippen LogP contribution is 2.12. The van der Waals surface area contributed by atoms with E-state index in [2.05, 4.69) is 33.2 Å². The Labute approximate surface area is 130 Å². The molecule has 0 saturated carbocycles. The van der Waals surface area contributed by atoms with Crippen LogP contribution in [0.1, 0.15) is 10.4 Å². The molecule has 0 aliphatic rings. The number of anilines is 1. The molecule has 0 fully saturated rings. The molecule has 0 unspecified atom stereocenters.